The molecule has 0 unspecified atom stereocenters. The highest BCUT2D eigenvalue weighted by atomic mass is 35.5. The number of nitrogens with zero attached hydrogens (tertiary/aromatic N) is 2. The van der Waals surface area contributed by atoms with Crippen LogP contribution in [0.15, 0.2) is 65.8 Å². The van der Waals surface area contributed by atoms with Gasteiger partial charge in [0.05, 0.1) is 30.3 Å². The molecule has 54 heavy (non-hydrogen) atoms. The number of carbonyl (C=O) groups excluding carboxylic acids is 1. The second-order valence-electron chi connectivity index (χ2n) is 14.3. The van der Waals surface area contributed by atoms with Gasteiger partial charge in [-0.2, -0.15) is 4.31 Å². The number of aliphatic hydroxyl groups is 5. The number of unbranched alkanes of at least 4 members (excludes halogenated alkanes) is 1. The van der Waals surface area contributed by atoms with Gasteiger partial charge in [-0.1, -0.05) is 29.8 Å². The van der Waals surface area contributed by atoms with E-state index in [9.17, 15) is 33.6 Å². The second kappa shape index (κ2) is 18.5. The van der Waals surface area contributed by atoms with Crippen LogP contribution < -0.4 is 20.7 Å². The lowest BCUT2D eigenvalue weighted by Gasteiger charge is -2.28. The van der Waals surface area contributed by atoms with Gasteiger partial charge >= 0.3 is 6.03 Å². The number of hydrogen-bond donors (Lipinski definition) is 8. The lowest BCUT2D eigenvalue weighted by molar-refractivity contribution is -0.0902. The zero-order valence-corrected chi connectivity index (χ0v) is 32.1. The smallest absolute Gasteiger partial charge is 0.315 e. The number of halogens is 1. The van der Waals surface area contributed by atoms with Crippen LogP contribution in [0.1, 0.15) is 63.5 Å². The molecule has 0 radical (unpaired) electrons. The van der Waals surface area contributed by atoms with Crippen LogP contribution in [-0.2, 0) is 22.1 Å². The average Bonchev–Trinajstić information content (AvgIpc) is 4.11. The lowest BCUT2D eigenvalue weighted by atomic mass is 9.94. The summed E-state index contributed by atoms with van der Waals surface area (Å²) in [5, 5.41) is 57.1. The molecule has 2 saturated carbocycles. The highest BCUT2D eigenvalue weighted by molar-refractivity contribution is 7.89. The fourth-order valence-electron chi connectivity index (χ4n) is 6.36. The summed E-state index contributed by atoms with van der Waals surface area (Å²) < 4.78 is 35.6. The molecule has 0 spiro atoms. The molecule has 1 heterocycles. The number of sulfonamides is 1. The lowest BCUT2D eigenvalue weighted by Crippen LogP contribution is -2.56. The quantitative estimate of drug-likeness (QED) is 0.0735. The molecule has 2 amide bonds. The van der Waals surface area contributed by atoms with Crippen LogP contribution >= 0.6 is 11.6 Å². The molecule has 2 aromatic carbocycles. The fourth-order valence-corrected chi connectivity index (χ4v) is 8.27. The molecule has 5 rings (SSSR count). The molecule has 16 heteroatoms. The Morgan fingerprint density at radius 2 is 1.76 bits per heavy atom. The Balaban J connectivity index is 1.19. The van der Waals surface area contributed by atoms with Crippen LogP contribution in [-0.4, -0.2) is 112 Å². The third-order valence-electron chi connectivity index (χ3n) is 9.85. The van der Waals surface area contributed by atoms with E-state index >= 15 is 0 Å². The Morgan fingerprint density at radius 1 is 1.02 bits per heavy atom. The van der Waals surface area contributed by atoms with Crippen molar-refractivity contribution in [2.75, 3.05) is 26.3 Å². The normalized spacial score (nSPS) is 17.5. The number of nitrogens with one attached hydrogen (secondary N) is 3. The topological polar surface area (TPSA) is 214 Å². The van der Waals surface area contributed by atoms with Gasteiger partial charge in [-0.25, -0.2) is 13.2 Å². The highest BCUT2D eigenvalue weighted by Crippen LogP contribution is 2.50. The van der Waals surface area contributed by atoms with Gasteiger partial charge in [0.15, 0.2) is 0 Å². The summed E-state index contributed by atoms with van der Waals surface area (Å²) in [6.07, 6.45) is 3.45. The third kappa shape index (κ3) is 10.3. The predicted octanol–water partition coefficient (Wildman–Crippen LogP) is 2.64. The Kier molecular flexibility index (Phi) is 14.3. The van der Waals surface area contributed by atoms with E-state index in [1.54, 1.807) is 32.2 Å². The van der Waals surface area contributed by atoms with Crippen molar-refractivity contribution in [2.24, 2.45) is 0 Å². The van der Waals surface area contributed by atoms with Gasteiger partial charge in [0.1, 0.15) is 24.1 Å². The molecule has 8 N–H and O–H groups in total. The van der Waals surface area contributed by atoms with Crippen LogP contribution in [0, 0.1) is 0 Å². The monoisotopic (exact) mass is 789 g/mol. The van der Waals surface area contributed by atoms with E-state index in [-0.39, 0.29) is 35.7 Å². The van der Waals surface area contributed by atoms with Crippen LogP contribution in [0.4, 0.5) is 4.79 Å². The van der Waals surface area contributed by atoms with Gasteiger partial charge in [-0.3, -0.25) is 4.98 Å². The number of rotatable bonds is 21. The van der Waals surface area contributed by atoms with Gasteiger partial charge < -0.3 is 46.2 Å². The standard InChI is InChI=1S/C38H52ClN5O9S/c1-24(2)44(18-6-5-16-41-37(50)43-32(22-45)35(48)36(49)33(47)23-46)54(51,52)27-11-12-31(39)25(19-27)20-42-38(14-15-38)30-21-40-17-13-28(30)29-7-3-4-8-34(29)53-26-9-10-26/h3-4,7-8,11-13,17,19,21,24,26,32-33,35-36,42,45-49H,5-6,9-10,14-16,18,20,22-23H2,1-2H3,(H2,41,43,50)/t32-,33+,35+,36+/m0/s1. The number of para-hydroxylation sites is 1. The van der Waals surface area contributed by atoms with E-state index in [1.165, 1.54) is 10.4 Å². The van der Waals surface area contributed by atoms with Crippen LogP contribution in [0.3, 0.4) is 0 Å². The number of urea groups is 1. The van der Waals surface area contributed by atoms with E-state index in [2.05, 4.69) is 27.0 Å². The van der Waals surface area contributed by atoms with E-state index in [0.717, 1.165) is 48.1 Å². The van der Waals surface area contributed by atoms with Crippen LogP contribution in [0.5, 0.6) is 5.75 Å². The summed E-state index contributed by atoms with van der Waals surface area (Å²) in [5.41, 5.74) is 3.40. The predicted molar refractivity (Wildman–Crippen MR) is 203 cm³/mol. The molecule has 1 aromatic heterocycles. The van der Waals surface area contributed by atoms with Crippen molar-refractivity contribution in [1.29, 1.82) is 0 Å². The molecule has 14 nitrogen and oxygen atoms in total. The van der Waals surface area contributed by atoms with Gasteiger partial charge in [-0.05, 0) is 99.4 Å². The molecule has 4 atom stereocenters. The molecule has 2 aliphatic rings. The number of carbonyl (C=O) groups is 1. The third-order valence-corrected chi connectivity index (χ3v) is 12.3. The summed E-state index contributed by atoms with van der Waals surface area (Å²) in [7, 11) is -3.93. The molecule has 3 aromatic rings. The van der Waals surface area contributed by atoms with Crippen LogP contribution in [0.2, 0.25) is 5.02 Å². The maximum atomic E-state index is 14.0. The maximum absolute atomic E-state index is 14.0. The molecule has 0 saturated heterocycles. The van der Waals surface area contributed by atoms with Crippen molar-refractivity contribution in [3.8, 4) is 16.9 Å². The minimum absolute atomic E-state index is 0.120. The summed E-state index contributed by atoms with van der Waals surface area (Å²) in [6, 6.07) is 12.4. The second-order valence-corrected chi connectivity index (χ2v) is 16.6. The Morgan fingerprint density at radius 3 is 2.43 bits per heavy atom. The van der Waals surface area contributed by atoms with Crippen molar-refractivity contribution in [1.82, 2.24) is 25.2 Å². The molecule has 2 aliphatic carbocycles. The summed E-state index contributed by atoms with van der Waals surface area (Å²) in [5.74, 6) is 0.850. The largest absolute Gasteiger partial charge is 0.490 e. The molecule has 0 aliphatic heterocycles. The van der Waals surface area contributed by atoms with E-state index in [0.29, 0.717) is 30.0 Å². The van der Waals surface area contributed by atoms with Crippen molar-refractivity contribution in [2.45, 2.75) is 106 Å². The first kappa shape index (κ1) is 41.8. The summed E-state index contributed by atoms with van der Waals surface area (Å²) >= 11 is 6.65. The minimum atomic E-state index is -3.93. The fraction of sp³-hybridized carbons (Fsp3) is 0.526. The number of pyridine rings is 1. The van der Waals surface area contributed by atoms with Crippen molar-refractivity contribution >= 4 is 27.7 Å². The number of aromatic nitrogens is 1. The number of amides is 2. The van der Waals surface area contributed by atoms with E-state index in [4.69, 9.17) is 21.4 Å². The minimum Gasteiger partial charge on any atom is -0.490 e. The Bertz CT molecular complexity index is 1830. The molecule has 0 bridgehead atoms. The van der Waals surface area contributed by atoms with Crippen molar-refractivity contribution in [3.63, 3.8) is 0 Å². The maximum Gasteiger partial charge on any atom is 0.315 e. The van der Waals surface area contributed by atoms with Gasteiger partial charge in [0, 0.05) is 54.2 Å². The Hall–Kier alpha value is -3.38. The molecular weight excluding hydrogens is 738 g/mol. The number of aliphatic hydroxyl groups excluding tert-OH is 5. The van der Waals surface area contributed by atoms with Crippen LogP contribution in [0.25, 0.3) is 11.1 Å². The Labute approximate surface area is 321 Å². The number of hydrogen-bond acceptors (Lipinski definition) is 11. The van der Waals surface area contributed by atoms with Crippen molar-refractivity contribution in [3.05, 3.63) is 77.1 Å². The zero-order valence-electron chi connectivity index (χ0n) is 30.6. The summed E-state index contributed by atoms with van der Waals surface area (Å²) in [4.78, 5) is 16.9. The van der Waals surface area contributed by atoms with E-state index in [1.807, 2.05) is 30.5 Å². The van der Waals surface area contributed by atoms with E-state index < -0.39 is 53.6 Å². The SMILES string of the molecule is CC(C)N(CCCCNC(=O)N[C@@H](CO)[C@@H](O)[C@H](O)[C@H](O)CO)S(=O)(=O)c1ccc(Cl)c(CNC2(c3cnccc3-c3ccccc3OC3CC3)CC2)c1. The molecular formula is C38H52ClN5O9S. The van der Waals surface area contributed by atoms with Gasteiger partial charge in [0.2, 0.25) is 10.0 Å². The molecule has 2 fully saturated rings. The zero-order chi connectivity index (χ0) is 39.0. The van der Waals surface area contributed by atoms with Gasteiger partial charge in [0.25, 0.3) is 0 Å². The van der Waals surface area contributed by atoms with Crippen molar-refractivity contribution < 1.29 is 43.5 Å². The highest BCUT2D eigenvalue weighted by Gasteiger charge is 2.46. The first-order valence-electron chi connectivity index (χ1n) is 18.4. The first-order chi connectivity index (χ1) is 25.8. The summed E-state index contributed by atoms with van der Waals surface area (Å²) in [6.45, 7) is 2.71. The first-order valence-corrected chi connectivity index (χ1v) is 20.2. The molecule has 296 valence electrons. The average molecular weight is 790 g/mol. The van der Waals surface area contributed by atoms with Gasteiger partial charge in [-0.15, -0.1) is 0 Å². The number of benzene rings is 2. The number of ether oxygens (including phenoxy) is 1.